The van der Waals surface area contributed by atoms with E-state index >= 15 is 0 Å². The van der Waals surface area contributed by atoms with Crippen LogP contribution in [0.4, 0.5) is 4.39 Å². The van der Waals surface area contributed by atoms with Crippen LogP contribution < -0.4 is 15.4 Å². The molecule has 0 saturated heterocycles. The lowest BCUT2D eigenvalue weighted by Gasteiger charge is -2.24. The molecule has 1 aromatic heterocycles. The molecule has 0 spiro atoms. The second-order valence-corrected chi connectivity index (χ2v) is 6.81. The summed E-state index contributed by atoms with van der Waals surface area (Å²) >= 11 is 1.54. The van der Waals surface area contributed by atoms with E-state index in [2.05, 4.69) is 15.6 Å². The largest absolute Gasteiger partial charge is 0.491 e. The maximum Gasteiger partial charge on any atom is 0.191 e. The Kier molecular flexibility index (Phi) is 10.0. The molecule has 1 aromatic carbocycles. The molecule has 3 N–H and O–H groups in total. The molecule has 0 aliphatic rings. The highest BCUT2D eigenvalue weighted by Gasteiger charge is 2.23. The SMILES string of the molecule is CCNC(=NCc1ccc(OCC)c(F)c1)NCC(C)(O)c1ccsc1.I. The van der Waals surface area contributed by atoms with Crippen molar-refractivity contribution >= 4 is 41.3 Å². The Balaban J connectivity index is 0.00000364. The third-order valence-corrected chi connectivity index (χ3v) is 4.49. The Morgan fingerprint density at radius 2 is 2.07 bits per heavy atom. The molecule has 2 aromatic rings. The number of aliphatic hydroxyl groups is 1. The Hall–Kier alpha value is -1.39. The molecule has 1 atom stereocenters. The van der Waals surface area contributed by atoms with E-state index in [1.54, 1.807) is 30.4 Å². The highest BCUT2D eigenvalue weighted by molar-refractivity contribution is 14.0. The van der Waals surface area contributed by atoms with Gasteiger partial charge in [0.1, 0.15) is 5.60 Å². The molecule has 1 unspecified atom stereocenters. The van der Waals surface area contributed by atoms with Gasteiger partial charge in [-0.15, -0.1) is 24.0 Å². The van der Waals surface area contributed by atoms with E-state index in [4.69, 9.17) is 4.74 Å². The zero-order valence-electron chi connectivity index (χ0n) is 15.8. The topological polar surface area (TPSA) is 65.9 Å². The Morgan fingerprint density at radius 3 is 2.67 bits per heavy atom. The van der Waals surface area contributed by atoms with Crippen LogP contribution in [-0.2, 0) is 12.1 Å². The van der Waals surface area contributed by atoms with Crippen LogP contribution in [0, 0.1) is 5.82 Å². The van der Waals surface area contributed by atoms with Gasteiger partial charge in [0, 0.05) is 6.54 Å². The van der Waals surface area contributed by atoms with Crippen molar-refractivity contribution in [2.45, 2.75) is 32.9 Å². The second-order valence-electron chi connectivity index (χ2n) is 6.03. The molecule has 0 bridgehead atoms. The molecular formula is C19H27FIN3O2S. The minimum absolute atomic E-state index is 0. The van der Waals surface area contributed by atoms with Crippen LogP contribution >= 0.6 is 35.3 Å². The summed E-state index contributed by atoms with van der Waals surface area (Å²) in [6, 6.07) is 6.74. The van der Waals surface area contributed by atoms with E-state index < -0.39 is 11.4 Å². The lowest BCUT2D eigenvalue weighted by Crippen LogP contribution is -2.44. The molecule has 0 fully saturated rings. The van der Waals surface area contributed by atoms with E-state index in [0.29, 0.717) is 32.2 Å². The van der Waals surface area contributed by atoms with Gasteiger partial charge in [-0.3, -0.25) is 0 Å². The number of aliphatic imine (C=N–C) groups is 1. The van der Waals surface area contributed by atoms with E-state index in [1.807, 2.05) is 30.7 Å². The number of hydrogen-bond donors (Lipinski definition) is 3. The Labute approximate surface area is 181 Å². The summed E-state index contributed by atoms with van der Waals surface area (Å²) in [5.41, 5.74) is 0.605. The van der Waals surface area contributed by atoms with Gasteiger partial charge < -0.3 is 20.5 Å². The van der Waals surface area contributed by atoms with Gasteiger partial charge in [-0.25, -0.2) is 9.38 Å². The molecule has 2 rings (SSSR count). The van der Waals surface area contributed by atoms with Gasteiger partial charge in [0.15, 0.2) is 17.5 Å². The maximum absolute atomic E-state index is 13.9. The number of rotatable bonds is 8. The van der Waals surface area contributed by atoms with Crippen LogP contribution in [0.1, 0.15) is 31.9 Å². The molecule has 0 saturated carbocycles. The lowest BCUT2D eigenvalue weighted by molar-refractivity contribution is 0.0621. The highest BCUT2D eigenvalue weighted by Crippen LogP contribution is 2.22. The summed E-state index contributed by atoms with van der Waals surface area (Å²) in [6.07, 6.45) is 0. The van der Waals surface area contributed by atoms with Crippen molar-refractivity contribution in [1.82, 2.24) is 10.6 Å². The summed E-state index contributed by atoms with van der Waals surface area (Å²) < 4.78 is 19.1. The fraction of sp³-hybridized carbons (Fsp3) is 0.421. The number of nitrogens with zero attached hydrogens (tertiary/aromatic N) is 1. The normalized spacial score (nSPS) is 13.4. The first-order chi connectivity index (χ1) is 12.5. The van der Waals surface area contributed by atoms with Crippen molar-refractivity contribution in [3.8, 4) is 5.75 Å². The predicted molar refractivity (Wildman–Crippen MR) is 120 cm³/mol. The molecule has 0 amide bonds. The average molecular weight is 507 g/mol. The summed E-state index contributed by atoms with van der Waals surface area (Å²) in [6.45, 7) is 7.28. The van der Waals surface area contributed by atoms with E-state index in [9.17, 15) is 9.50 Å². The van der Waals surface area contributed by atoms with Crippen LogP contribution in [0.2, 0.25) is 0 Å². The molecule has 0 radical (unpaired) electrons. The number of benzene rings is 1. The van der Waals surface area contributed by atoms with Crippen LogP contribution in [0.25, 0.3) is 0 Å². The summed E-state index contributed by atoms with van der Waals surface area (Å²) in [5.74, 6) is 0.423. The number of ether oxygens (including phenoxy) is 1. The monoisotopic (exact) mass is 507 g/mol. The van der Waals surface area contributed by atoms with E-state index in [0.717, 1.165) is 11.1 Å². The molecular weight excluding hydrogens is 480 g/mol. The standard InChI is InChI=1S/C19H26FN3O2S.HI/c1-4-21-18(23-13-19(3,24)15-8-9-26-12-15)22-11-14-6-7-17(25-5-2)16(20)10-14;/h6-10,12,24H,4-5,11,13H2,1-3H3,(H2,21,22,23);1H. The minimum Gasteiger partial charge on any atom is -0.491 e. The van der Waals surface area contributed by atoms with Crippen LogP contribution in [0.15, 0.2) is 40.0 Å². The first-order valence-corrected chi connectivity index (χ1v) is 9.59. The van der Waals surface area contributed by atoms with Crippen molar-refractivity contribution < 1.29 is 14.2 Å². The summed E-state index contributed by atoms with van der Waals surface area (Å²) in [7, 11) is 0. The Bertz CT molecular complexity index is 724. The zero-order chi connectivity index (χ0) is 19.0. The smallest absolute Gasteiger partial charge is 0.191 e. The van der Waals surface area contributed by atoms with Crippen molar-refractivity contribution in [2.75, 3.05) is 19.7 Å². The second kappa shape index (κ2) is 11.5. The molecule has 5 nitrogen and oxygen atoms in total. The van der Waals surface area contributed by atoms with Crippen molar-refractivity contribution in [2.24, 2.45) is 4.99 Å². The van der Waals surface area contributed by atoms with Crippen molar-refractivity contribution in [1.29, 1.82) is 0 Å². The summed E-state index contributed by atoms with van der Waals surface area (Å²) in [4.78, 5) is 4.46. The van der Waals surface area contributed by atoms with Crippen molar-refractivity contribution in [3.63, 3.8) is 0 Å². The highest BCUT2D eigenvalue weighted by atomic mass is 127. The van der Waals surface area contributed by atoms with Gasteiger partial charge in [0.25, 0.3) is 0 Å². The van der Waals surface area contributed by atoms with E-state index in [-0.39, 0.29) is 29.7 Å². The number of halogens is 2. The minimum atomic E-state index is -0.999. The molecule has 0 aliphatic heterocycles. The van der Waals surface area contributed by atoms with Crippen molar-refractivity contribution in [3.05, 3.63) is 52.0 Å². The van der Waals surface area contributed by atoms with Crippen LogP contribution in [-0.4, -0.2) is 30.8 Å². The molecule has 8 heteroatoms. The van der Waals surface area contributed by atoms with Gasteiger partial charge in [-0.2, -0.15) is 11.3 Å². The third kappa shape index (κ3) is 7.27. The number of thiophene rings is 1. The van der Waals surface area contributed by atoms with Crippen LogP contribution in [0.5, 0.6) is 5.75 Å². The van der Waals surface area contributed by atoms with Gasteiger partial charge >= 0.3 is 0 Å². The molecule has 150 valence electrons. The molecule has 27 heavy (non-hydrogen) atoms. The summed E-state index contributed by atoms with van der Waals surface area (Å²) in [5, 5.41) is 20.7. The third-order valence-electron chi connectivity index (χ3n) is 3.80. The van der Waals surface area contributed by atoms with Gasteiger partial charge in [-0.1, -0.05) is 6.07 Å². The van der Waals surface area contributed by atoms with E-state index in [1.165, 1.54) is 6.07 Å². The molecule has 0 aliphatic carbocycles. The zero-order valence-corrected chi connectivity index (χ0v) is 18.9. The number of nitrogens with one attached hydrogen (secondary N) is 2. The molecule has 1 heterocycles. The number of hydrogen-bond acceptors (Lipinski definition) is 4. The van der Waals surface area contributed by atoms with Gasteiger partial charge in [-0.05, 0) is 60.9 Å². The Morgan fingerprint density at radius 1 is 1.30 bits per heavy atom. The van der Waals surface area contributed by atoms with Crippen LogP contribution in [0.3, 0.4) is 0 Å². The predicted octanol–water partition coefficient (Wildman–Crippen LogP) is 3.87. The maximum atomic E-state index is 13.9. The average Bonchev–Trinajstić information content (AvgIpc) is 3.15. The quantitative estimate of drug-likeness (QED) is 0.289. The number of guanidine groups is 1. The first kappa shape index (κ1) is 23.6. The van der Waals surface area contributed by atoms with Gasteiger partial charge in [0.2, 0.25) is 0 Å². The fourth-order valence-corrected chi connectivity index (χ4v) is 3.14. The van der Waals surface area contributed by atoms with Gasteiger partial charge in [0.05, 0.1) is 19.7 Å². The fourth-order valence-electron chi connectivity index (χ4n) is 2.36. The lowest BCUT2D eigenvalue weighted by atomic mass is 9.99. The first-order valence-electron chi connectivity index (χ1n) is 8.64.